The average molecular weight is 392 g/mol. The van der Waals surface area contributed by atoms with Gasteiger partial charge in [0.15, 0.2) is 0 Å². The van der Waals surface area contributed by atoms with E-state index in [4.69, 9.17) is 0 Å². The van der Waals surface area contributed by atoms with Gasteiger partial charge in [0, 0.05) is 36.5 Å². The number of nitrogens with one attached hydrogen (secondary N) is 2. The predicted molar refractivity (Wildman–Crippen MR) is 109 cm³/mol. The smallest absolute Gasteiger partial charge is 0.327 e. The fourth-order valence-corrected chi connectivity index (χ4v) is 3.35. The molecule has 3 aromatic rings. The number of nitrogens with zero attached hydrogens (tertiary/aromatic N) is 1. The molecule has 2 aromatic carbocycles. The fourth-order valence-electron chi connectivity index (χ4n) is 3.35. The van der Waals surface area contributed by atoms with Gasteiger partial charge in [-0.05, 0) is 24.6 Å². The van der Waals surface area contributed by atoms with Crippen LogP contribution < -0.4 is 10.2 Å². The molecular formula is C22H22N3O4. The van der Waals surface area contributed by atoms with Crippen LogP contribution in [0, 0.1) is 6.07 Å². The number of carbonyl (C=O) groups excluding carboxylic acids is 2. The first-order valence-corrected chi connectivity index (χ1v) is 9.23. The van der Waals surface area contributed by atoms with E-state index in [2.05, 4.69) is 16.4 Å². The van der Waals surface area contributed by atoms with Crippen molar-refractivity contribution >= 4 is 34.4 Å². The van der Waals surface area contributed by atoms with Crippen molar-refractivity contribution in [1.29, 1.82) is 0 Å². The minimum Gasteiger partial charge on any atom is -0.480 e. The third-order valence-corrected chi connectivity index (χ3v) is 4.66. The molecule has 1 aromatic heterocycles. The lowest BCUT2D eigenvalue weighted by molar-refractivity contribution is -0.140. The lowest BCUT2D eigenvalue weighted by atomic mass is 10.0. The third-order valence-electron chi connectivity index (χ3n) is 4.66. The first kappa shape index (κ1) is 20.1. The number of aliphatic carboxylic acids is 1. The van der Waals surface area contributed by atoms with Crippen LogP contribution in [0.3, 0.4) is 0 Å². The number of hydrogen-bond acceptors (Lipinski definition) is 3. The quantitative estimate of drug-likeness (QED) is 0.575. The van der Waals surface area contributed by atoms with Gasteiger partial charge in [-0.1, -0.05) is 36.4 Å². The van der Waals surface area contributed by atoms with Crippen molar-refractivity contribution in [3.05, 3.63) is 66.4 Å². The van der Waals surface area contributed by atoms with E-state index in [0.717, 1.165) is 16.5 Å². The van der Waals surface area contributed by atoms with E-state index in [1.165, 1.54) is 18.7 Å². The second-order valence-electron chi connectivity index (χ2n) is 6.80. The van der Waals surface area contributed by atoms with Crippen LogP contribution in [0.4, 0.5) is 5.69 Å². The summed E-state index contributed by atoms with van der Waals surface area (Å²) in [5.41, 5.74) is 2.01. The number of aromatic nitrogens is 1. The Labute approximate surface area is 168 Å². The maximum Gasteiger partial charge on any atom is 0.327 e. The van der Waals surface area contributed by atoms with Gasteiger partial charge in [0.25, 0.3) is 0 Å². The maximum absolute atomic E-state index is 13.1. The Morgan fingerprint density at radius 2 is 1.90 bits per heavy atom. The molecule has 2 atom stereocenters. The molecule has 1 radical (unpaired) electrons. The lowest BCUT2D eigenvalue weighted by Crippen LogP contribution is -2.53. The molecule has 7 heteroatoms. The van der Waals surface area contributed by atoms with E-state index < -0.39 is 24.0 Å². The summed E-state index contributed by atoms with van der Waals surface area (Å²) < 4.78 is 0. The lowest BCUT2D eigenvalue weighted by Gasteiger charge is -2.31. The third kappa shape index (κ3) is 4.45. The zero-order valence-electron chi connectivity index (χ0n) is 16.2. The monoisotopic (exact) mass is 392 g/mol. The summed E-state index contributed by atoms with van der Waals surface area (Å²) in [6.45, 7) is 2.84. The maximum atomic E-state index is 13.1. The molecule has 29 heavy (non-hydrogen) atoms. The van der Waals surface area contributed by atoms with Crippen LogP contribution in [0.25, 0.3) is 10.9 Å². The Bertz CT molecular complexity index is 1030. The number of para-hydroxylation sites is 2. The fraction of sp³-hybridized carbons (Fsp3) is 0.227. The number of carbonyl (C=O) groups is 3. The van der Waals surface area contributed by atoms with Crippen molar-refractivity contribution in [1.82, 2.24) is 10.3 Å². The highest BCUT2D eigenvalue weighted by Gasteiger charge is 2.34. The van der Waals surface area contributed by atoms with Crippen LogP contribution in [-0.2, 0) is 20.8 Å². The summed E-state index contributed by atoms with van der Waals surface area (Å²) >= 11 is 0. The van der Waals surface area contributed by atoms with Gasteiger partial charge in [-0.2, -0.15) is 0 Å². The summed E-state index contributed by atoms with van der Waals surface area (Å²) in [6.07, 6.45) is 1.86. The van der Waals surface area contributed by atoms with Gasteiger partial charge in [-0.25, -0.2) is 4.79 Å². The van der Waals surface area contributed by atoms with Crippen molar-refractivity contribution in [3.63, 3.8) is 0 Å². The molecule has 0 spiro atoms. The molecule has 0 aliphatic carbocycles. The molecule has 0 saturated carbocycles. The van der Waals surface area contributed by atoms with Crippen LogP contribution in [0.5, 0.6) is 0 Å². The van der Waals surface area contributed by atoms with Crippen LogP contribution in [0.2, 0.25) is 0 Å². The van der Waals surface area contributed by atoms with Crippen LogP contribution in [0.15, 0.2) is 54.7 Å². The van der Waals surface area contributed by atoms with Gasteiger partial charge in [0.05, 0.1) is 5.69 Å². The number of benzene rings is 2. The van der Waals surface area contributed by atoms with E-state index >= 15 is 0 Å². The van der Waals surface area contributed by atoms with Crippen molar-refractivity contribution in [3.8, 4) is 0 Å². The van der Waals surface area contributed by atoms with Crippen molar-refractivity contribution in [2.75, 3.05) is 4.90 Å². The van der Waals surface area contributed by atoms with E-state index in [-0.39, 0.29) is 12.3 Å². The largest absolute Gasteiger partial charge is 0.480 e. The molecule has 7 nitrogen and oxygen atoms in total. The minimum atomic E-state index is -1.17. The summed E-state index contributed by atoms with van der Waals surface area (Å²) in [7, 11) is 0. The number of anilines is 1. The van der Waals surface area contributed by atoms with Gasteiger partial charge in [-0.3, -0.25) is 14.5 Å². The second-order valence-corrected chi connectivity index (χ2v) is 6.80. The molecule has 0 fully saturated rings. The van der Waals surface area contributed by atoms with E-state index in [0.29, 0.717) is 5.69 Å². The van der Waals surface area contributed by atoms with Crippen LogP contribution in [0.1, 0.15) is 19.4 Å². The summed E-state index contributed by atoms with van der Waals surface area (Å²) in [5.74, 6) is -2.03. The van der Waals surface area contributed by atoms with Crippen LogP contribution >= 0.6 is 0 Å². The zero-order valence-corrected chi connectivity index (χ0v) is 16.2. The Balaban J connectivity index is 2.01. The average Bonchev–Trinajstić information content (AvgIpc) is 3.10. The van der Waals surface area contributed by atoms with Gasteiger partial charge in [0.1, 0.15) is 12.1 Å². The highest BCUT2D eigenvalue weighted by Crippen LogP contribution is 2.24. The number of rotatable bonds is 7. The van der Waals surface area contributed by atoms with Gasteiger partial charge >= 0.3 is 5.97 Å². The number of carboxylic acids is 1. The molecule has 0 aliphatic heterocycles. The summed E-state index contributed by atoms with van der Waals surface area (Å²) in [6, 6.07) is 15.1. The SMILES string of the molecule is CC(=O)NC(C)C(=O)N(c1[c]cccc1)[C@@H](Cc1c[nH]c2ccccc12)C(=O)O. The number of hydrogen-bond donors (Lipinski definition) is 3. The molecule has 3 rings (SSSR count). The second kappa shape index (κ2) is 8.60. The van der Waals surface area contributed by atoms with Crippen molar-refractivity contribution in [2.24, 2.45) is 0 Å². The molecule has 149 valence electrons. The number of H-pyrrole nitrogens is 1. The molecule has 0 aliphatic rings. The Morgan fingerprint density at radius 1 is 1.17 bits per heavy atom. The van der Waals surface area contributed by atoms with Gasteiger partial charge in [0.2, 0.25) is 11.8 Å². The molecule has 2 amide bonds. The Hall–Kier alpha value is -3.61. The molecule has 1 unspecified atom stereocenters. The van der Waals surface area contributed by atoms with Crippen molar-refractivity contribution in [2.45, 2.75) is 32.4 Å². The van der Waals surface area contributed by atoms with E-state index in [1.807, 2.05) is 24.3 Å². The Kier molecular flexibility index (Phi) is 5.97. The van der Waals surface area contributed by atoms with E-state index in [1.54, 1.807) is 30.5 Å². The molecule has 0 bridgehead atoms. The molecule has 3 N–H and O–H groups in total. The number of fused-ring (bicyclic) bond motifs is 1. The highest BCUT2D eigenvalue weighted by molar-refractivity contribution is 6.03. The first-order valence-electron chi connectivity index (χ1n) is 9.23. The number of aromatic amines is 1. The van der Waals surface area contributed by atoms with Crippen molar-refractivity contribution < 1.29 is 19.5 Å². The topological polar surface area (TPSA) is 103 Å². The van der Waals surface area contributed by atoms with Gasteiger partial charge in [-0.15, -0.1) is 0 Å². The van der Waals surface area contributed by atoms with Gasteiger partial charge < -0.3 is 15.4 Å². The molecule has 1 heterocycles. The predicted octanol–water partition coefficient (Wildman–Crippen LogP) is 2.52. The summed E-state index contributed by atoms with van der Waals surface area (Å²) in [5, 5.41) is 13.4. The number of amides is 2. The molecule has 0 saturated heterocycles. The zero-order chi connectivity index (χ0) is 21.0. The summed E-state index contributed by atoms with van der Waals surface area (Å²) in [4.78, 5) is 41.1. The highest BCUT2D eigenvalue weighted by atomic mass is 16.4. The number of carboxylic acid groups (broad SMARTS) is 1. The van der Waals surface area contributed by atoms with Crippen LogP contribution in [-0.4, -0.2) is 40.0 Å². The first-order chi connectivity index (χ1) is 13.9. The standard InChI is InChI=1S/C22H22N3O4/c1-14(24-15(2)26)21(27)25(17-8-4-3-5-9-17)20(22(28)29)12-16-13-23-19-11-7-6-10-18(16)19/h3-8,10-11,13-14,20,23H,12H2,1-2H3,(H,24,26)(H,28,29)/t14?,20-/m0/s1. The Morgan fingerprint density at radius 3 is 2.55 bits per heavy atom. The molecular weight excluding hydrogens is 370 g/mol. The minimum absolute atomic E-state index is 0.0978. The normalized spacial score (nSPS) is 12.9. The van der Waals surface area contributed by atoms with E-state index in [9.17, 15) is 19.5 Å².